The van der Waals surface area contributed by atoms with Gasteiger partial charge in [0.25, 0.3) is 0 Å². The molecule has 0 bridgehead atoms. The Bertz CT molecular complexity index is 1190. The van der Waals surface area contributed by atoms with Gasteiger partial charge in [-0.1, -0.05) is 18.2 Å². The number of methoxy groups -OCH3 is 1. The SMILES string of the molecule is COC(=O)c1ccc2c(N(C(=O)OC(C)(C)C)C(=O)OC(C)(C)C)n(-c3ccccc3)nc2c1. The number of nitrogens with zero attached hydrogens (tertiary/aromatic N) is 3. The molecule has 0 aliphatic heterocycles. The number of rotatable bonds is 3. The number of benzene rings is 2. The van der Waals surface area contributed by atoms with Gasteiger partial charge < -0.3 is 14.2 Å². The van der Waals surface area contributed by atoms with Crippen molar-refractivity contribution >= 4 is 34.9 Å². The molecule has 0 fully saturated rings. The molecule has 180 valence electrons. The smallest absolute Gasteiger partial charge is 0.425 e. The van der Waals surface area contributed by atoms with Crippen molar-refractivity contribution in [2.75, 3.05) is 12.0 Å². The molecule has 9 heteroatoms. The van der Waals surface area contributed by atoms with Crippen LogP contribution in [0.3, 0.4) is 0 Å². The fourth-order valence-corrected chi connectivity index (χ4v) is 3.14. The van der Waals surface area contributed by atoms with Gasteiger partial charge in [-0.15, -0.1) is 0 Å². The first kappa shape index (κ1) is 24.8. The lowest BCUT2D eigenvalue weighted by atomic mass is 10.1. The van der Waals surface area contributed by atoms with E-state index in [1.165, 1.54) is 23.9 Å². The summed E-state index contributed by atoms with van der Waals surface area (Å²) >= 11 is 0. The van der Waals surface area contributed by atoms with E-state index in [4.69, 9.17) is 14.2 Å². The average Bonchev–Trinajstić information content (AvgIpc) is 3.09. The standard InChI is InChI=1S/C25H29N3O6/c1-24(2,3)33-22(30)27(23(31)34-25(4,5)6)20-18-14-13-16(21(29)32-7)15-19(18)26-28(20)17-11-9-8-10-12-17/h8-15H,1-7H3. The van der Waals surface area contributed by atoms with Gasteiger partial charge in [0.05, 0.1) is 23.9 Å². The van der Waals surface area contributed by atoms with Crippen molar-refractivity contribution in [3.8, 4) is 5.69 Å². The van der Waals surface area contributed by atoms with Crippen molar-refractivity contribution in [2.45, 2.75) is 52.7 Å². The number of aromatic nitrogens is 2. The molecule has 3 rings (SSSR count). The first-order chi connectivity index (χ1) is 15.8. The molecule has 0 N–H and O–H groups in total. The number of para-hydroxylation sites is 1. The third kappa shape index (κ3) is 5.54. The van der Waals surface area contributed by atoms with Crippen molar-refractivity contribution < 1.29 is 28.6 Å². The zero-order chi connectivity index (χ0) is 25.3. The third-order valence-corrected chi connectivity index (χ3v) is 4.43. The lowest BCUT2D eigenvalue weighted by Gasteiger charge is -2.28. The molecule has 0 saturated heterocycles. The van der Waals surface area contributed by atoms with Crippen LogP contribution in [0.25, 0.3) is 16.6 Å². The molecule has 0 saturated carbocycles. The van der Waals surface area contributed by atoms with Crippen LogP contribution in [0.2, 0.25) is 0 Å². The number of amides is 2. The Hall–Kier alpha value is -3.88. The minimum Gasteiger partial charge on any atom is -0.465 e. The zero-order valence-corrected chi connectivity index (χ0v) is 20.4. The van der Waals surface area contributed by atoms with Crippen LogP contribution in [0.5, 0.6) is 0 Å². The van der Waals surface area contributed by atoms with E-state index in [0.717, 1.165) is 4.90 Å². The molecule has 0 aliphatic carbocycles. The van der Waals surface area contributed by atoms with Crippen molar-refractivity contribution in [2.24, 2.45) is 0 Å². The second-order valence-corrected chi connectivity index (χ2v) is 9.59. The van der Waals surface area contributed by atoms with E-state index in [2.05, 4.69) is 5.10 Å². The third-order valence-electron chi connectivity index (χ3n) is 4.43. The van der Waals surface area contributed by atoms with Crippen LogP contribution in [0.15, 0.2) is 48.5 Å². The van der Waals surface area contributed by atoms with Gasteiger partial charge in [-0.3, -0.25) is 0 Å². The molecule has 1 aromatic heterocycles. The number of esters is 1. The molecule has 0 aliphatic rings. The van der Waals surface area contributed by atoms with Crippen LogP contribution in [-0.4, -0.2) is 46.2 Å². The van der Waals surface area contributed by atoms with Gasteiger partial charge in [0.2, 0.25) is 0 Å². The summed E-state index contributed by atoms with van der Waals surface area (Å²) in [5.74, 6) is -0.407. The topological polar surface area (TPSA) is 100.0 Å². The molecular weight excluding hydrogens is 438 g/mol. The van der Waals surface area contributed by atoms with Gasteiger partial charge in [0.15, 0.2) is 5.82 Å². The molecule has 0 spiro atoms. The Morgan fingerprint density at radius 2 is 1.41 bits per heavy atom. The summed E-state index contributed by atoms with van der Waals surface area (Å²) in [4.78, 5) is 39.5. The Morgan fingerprint density at radius 1 is 0.853 bits per heavy atom. The summed E-state index contributed by atoms with van der Waals surface area (Å²) < 4.78 is 17.4. The van der Waals surface area contributed by atoms with Crippen molar-refractivity contribution in [3.63, 3.8) is 0 Å². The second kappa shape index (κ2) is 9.17. The summed E-state index contributed by atoms with van der Waals surface area (Å²) in [5.41, 5.74) is -0.504. The van der Waals surface area contributed by atoms with Crippen LogP contribution >= 0.6 is 0 Å². The van der Waals surface area contributed by atoms with E-state index in [0.29, 0.717) is 16.6 Å². The Balaban J connectivity index is 2.30. The van der Waals surface area contributed by atoms with Crippen molar-refractivity contribution in [1.29, 1.82) is 0 Å². The molecule has 34 heavy (non-hydrogen) atoms. The Morgan fingerprint density at radius 3 is 1.91 bits per heavy atom. The van der Waals surface area contributed by atoms with E-state index < -0.39 is 29.4 Å². The Kier molecular flexibility index (Phi) is 6.67. The van der Waals surface area contributed by atoms with Crippen molar-refractivity contribution in [3.05, 3.63) is 54.1 Å². The first-order valence-electron chi connectivity index (χ1n) is 10.7. The van der Waals surface area contributed by atoms with Gasteiger partial charge in [-0.2, -0.15) is 10.00 Å². The van der Waals surface area contributed by atoms with Gasteiger partial charge in [-0.25, -0.2) is 19.1 Å². The van der Waals surface area contributed by atoms with Crippen LogP contribution in [-0.2, 0) is 14.2 Å². The predicted molar refractivity (Wildman–Crippen MR) is 127 cm³/mol. The maximum atomic E-state index is 13.3. The highest BCUT2D eigenvalue weighted by molar-refractivity contribution is 6.14. The largest absolute Gasteiger partial charge is 0.465 e. The monoisotopic (exact) mass is 467 g/mol. The maximum Gasteiger partial charge on any atom is 0.425 e. The molecular formula is C25H29N3O6. The highest BCUT2D eigenvalue weighted by Gasteiger charge is 2.36. The summed E-state index contributed by atoms with van der Waals surface area (Å²) in [5, 5.41) is 5.03. The fraction of sp³-hybridized carbons (Fsp3) is 0.360. The van der Waals surface area contributed by atoms with Crippen molar-refractivity contribution in [1.82, 2.24) is 9.78 Å². The summed E-state index contributed by atoms with van der Waals surface area (Å²) in [6.45, 7) is 10.2. The van der Waals surface area contributed by atoms with E-state index in [-0.39, 0.29) is 11.4 Å². The maximum absolute atomic E-state index is 13.3. The number of carbonyl (C=O) groups excluding carboxylic acids is 3. The number of ether oxygens (including phenoxy) is 3. The molecule has 0 unspecified atom stereocenters. The average molecular weight is 468 g/mol. The predicted octanol–water partition coefficient (Wildman–Crippen LogP) is 5.49. The normalized spacial score (nSPS) is 11.7. The number of carbonyl (C=O) groups is 3. The van der Waals surface area contributed by atoms with Gasteiger partial charge in [-0.05, 0) is 71.9 Å². The number of hydrogen-bond acceptors (Lipinski definition) is 7. The minimum absolute atomic E-state index is 0.126. The van der Waals surface area contributed by atoms with E-state index in [1.807, 2.05) is 6.07 Å². The quantitative estimate of drug-likeness (QED) is 0.371. The summed E-state index contributed by atoms with van der Waals surface area (Å²) in [6.07, 6.45) is -1.84. The number of imide groups is 1. The lowest BCUT2D eigenvalue weighted by molar-refractivity contribution is 0.0427. The highest BCUT2D eigenvalue weighted by atomic mass is 16.6. The van der Waals surface area contributed by atoms with Gasteiger partial charge in [0.1, 0.15) is 11.2 Å². The second-order valence-electron chi connectivity index (χ2n) is 9.59. The molecule has 0 atom stereocenters. The van der Waals surface area contributed by atoms with Gasteiger partial charge >= 0.3 is 18.2 Å². The number of fused-ring (bicyclic) bond motifs is 1. The molecule has 2 amide bonds. The summed E-state index contributed by atoms with van der Waals surface area (Å²) in [6, 6.07) is 13.7. The number of anilines is 1. The number of hydrogen-bond donors (Lipinski definition) is 0. The van der Waals surface area contributed by atoms with Gasteiger partial charge in [0, 0.05) is 5.39 Å². The zero-order valence-electron chi connectivity index (χ0n) is 20.4. The molecule has 0 radical (unpaired) electrons. The molecule has 3 aromatic rings. The molecule has 1 heterocycles. The Labute approximate surface area is 198 Å². The lowest BCUT2D eigenvalue weighted by Crippen LogP contribution is -2.44. The minimum atomic E-state index is -0.919. The molecule has 2 aromatic carbocycles. The van der Waals surface area contributed by atoms with E-state index >= 15 is 0 Å². The highest BCUT2D eigenvalue weighted by Crippen LogP contribution is 2.33. The fourth-order valence-electron chi connectivity index (χ4n) is 3.14. The van der Waals surface area contributed by atoms with Crippen LogP contribution in [0.1, 0.15) is 51.9 Å². The first-order valence-corrected chi connectivity index (χ1v) is 10.7. The summed E-state index contributed by atoms with van der Waals surface area (Å²) in [7, 11) is 1.28. The molecule has 9 nitrogen and oxygen atoms in total. The van der Waals surface area contributed by atoms with E-state index in [9.17, 15) is 14.4 Å². The van der Waals surface area contributed by atoms with Crippen LogP contribution < -0.4 is 4.90 Å². The van der Waals surface area contributed by atoms with E-state index in [1.54, 1.807) is 71.9 Å². The van der Waals surface area contributed by atoms with Crippen LogP contribution in [0.4, 0.5) is 15.4 Å². The van der Waals surface area contributed by atoms with Crippen LogP contribution in [0, 0.1) is 0 Å².